The summed E-state index contributed by atoms with van der Waals surface area (Å²) in [5.74, 6) is 1.33. The quantitative estimate of drug-likeness (QED) is 0.851. The first-order valence-electron chi connectivity index (χ1n) is 5.29. The lowest BCUT2D eigenvalue weighted by atomic mass is 10.2. The number of hydrogen-bond acceptors (Lipinski definition) is 5. The third-order valence-corrected chi connectivity index (χ3v) is 3.64. The van der Waals surface area contributed by atoms with Gasteiger partial charge in [-0.05, 0) is 25.1 Å². The molecule has 0 unspecified atom stereocenters. The van der Waals surface area contributed by atoms with Gasteiger partial charge < -0.3 is 9.47 Å². The SMILES string of the molecule is COc1ccc(-c2nc(C)c(C#N)s2)cc1OC. The smallest absolute Gasteiger partial charge is 0.161 e. The predicted molar refractivity (Wildman–Crippen MR) is 70.1 cm³/mol. The predicted octanol–water partition coefficient (Wildman–Crippen LogP) is 3.01. The summed E-state index contributed by atoms with van der Waals surface area (Å²) in [6, 6.07) is 7.73. The highest BCUT2D eigenvalue weighted by Gasteiger charge is 2.11. The van der Waals surface area contributed by atoms with E-state index >= 15 is 0 Å². The van der Waals surface area contributed by atoms with Crippen molar-refractivity contribution in [3.8, 4) is 28.1 Å². The highest BCUT2D eigenvalue weighted by molar-refractivity contribution is 7.15. The lowest BCUT2D eigenvalue weighted by Gasteiger charge is -2.08. The van der Waals surface area contributed by atoms with Gasteiger partial charge in [-0.25, -0.2) is 4.98 Å². The second-order valence-electron chi connectivity index (χ2n) is 3.62. The molecule has 0 saturated heterocycles. The number of benzene rings is 1. The van der Waals surface area contributed by atoms with Gasteiger partial charge in [0.25, 0.3) is 0 Å². The second kappa shape index (κ2) is 5.07. The number of aromatic nitrogens is 1. The third kappa shape index (κ3) is 2.15. The average molecular weight is 260 g/mol. The summed E-state index contributed by atoms with van der Waals surface area (Å²) < 4.78 is 10.4. The molecule has 0 spiro atoms. The van der Waals surface area contributed by atoms with Crippen LogP contribution in [0.1, 0.15) is 10.6 Å². The van der Waals surface area contributed by atoms with Gasteiger partial charge in [0.05, 0.1) is 19.9 Å². The summed E-state index contributed by atoms with van der Waals surface area (Å²) in [5.41, 5.74) is 1.68. The van der Waals surface area contributed by atoms with Gasteiger partial charge in [-0.1, -0.05) is 0 Å². The number of aryl methyl sites for hydroxylation is 1. The van der Waals surface area contributed by atoms with E-state index < -0.39 is 0 Å². The summed E-state index contributed by atoms with van der Waals surface area (Å²) >= 11 is 1.38. The van der Waals surface area contributed by atoms with Crippen molar-refractivity contribution in [2.24, 2.45) is 0 Å². The maximum atomic E-state index is 8.94. The Bertz CT molecular complexity index is 614. The van der Waals surface area contributed by atoms with Crippen molar-refractivity contribution in [1.82, 2.24) is 4.98 Å². The molecule has 5 heteroatoms. The fraction of sp³-hybridized carbons (Fsp3) is 0.231. The molecule has 18 heavy (non-hydrogen) atoms. The minimum Gasteiger partial charge on any atom is -0.493 e. The monoisotopic (exact) mass is 260 g/mol. The zero-order chi connectivity index (χ0) is 13.1. The van der Waals surface area contributed by atoms with Crippen LogP contribution in [0.2, 0.25) is 0 Å². The summed E-state index contributed by atoms with van der Waals surface area (Å²) in [6.45, 7) is 1.83. The van der Waals surface area contributed by atoms with E-state index in [2.05, 4.69) is 11.1 Å². The zero-order valence-corrected chi connectivity index (χ0v) is 11.2. The molecule has 4 nitrogen and oxygen atoms in total. The molecule has 0 radical (unpaired) electrons. The van der Waals surface area contributed by atoms with Crippen LogP contribution in [0.5, 0.6) is 11.5 Å². The van der Waals surface area contributed by atoms with E-state index in [0.717, 1.165) is 16.3 Å². The van der Waals surface area contributed by atoms with Crippen LogP contribution in [0.25, 0.3) is 10.6 Å². The topological polar surface area (TPSA) is 55.1 Å². The summed E-state index contributed by atoms with van der Waals surface area (Å²) in [5, 5.41) is 9.75. The van der Waals surface area contributed by atoms with Crippen molar-refractivity contribution in [2.75, 3.05) is 14.2 Å². The van der Waals surface area contributed by atoms with Crippen molar-refractivity contribution in [3.05, 3.63) is 28.8 Å². The van der Waals surface area contributed by atoms with Gasteiger partial charge in [-0.2, -0.15) is 5.26 Å². The fourth-order valence-electron chi connectivity index (χ4n) is 1.59. The Kier molecular flexibility index (Phi) is 3.49. The van der Waals surface area contributed by atoms with Crippen LogP contribution in [-0.2, 0) is 0 Å². The molecule has 0 aliphatic rings. The van der Waals surface area contributed by atoms with Crippen LogP contribution in [0.3, 0.4) is 0 Å². The molecule has 1 heterocycles. The summed E-state index contributed by atoms with van der Waals surface area (Å²) in [7, 11) is 3.19. The second-order valence-corrected chi connectivity index (χ2v) is 4.61. The zero-order valence-electron chi connectivity index (χ0n) is 10.4. The number of ether oxygens (including phenoxy) is 2. The first-order chi connectivity index (χ1) is 8.69. The molecule has 1 aromatic carbocycles. The minimum absolute atomic E-state index is 0.639. The molecule has 0 saturated carbocycles. The Hall–Kier alpha value is -2.06. The van der Waals surface area contributed by atoms with E-state index in [1.54, 1.807) is 14.2 Å². The number of thiazole rings is 1. The maximum Gasteiger partial charge on any atom is 0.161 e. The summed E-state index contributed by atoms with van der Waals surface area (Å²) in [6.07, 6.45) is 0. The van der Waals surface area contributed by atoms with E-state index in [-0.39, 0.29) is 0 Å². The average Bonchev–Trinajstić information content (AvgIpc) is 2.79. The number of rotatable bonds is 3. The van der Waals surface area contributed by atoms with Crippen molar-refractivity contribution >= 4 is 11.3 Å². The Labute approximate surface area is 109 Å². The summed E-state index contributed by atoms with van der Waals surface area (Å²) in [4.78, 5) is 5.02. The Morgan fingerprint density at radius 2 is 1.94 bits per heavy atom. The normalized spacial score (nSPS) is 9.89. The van der Waals surface area contributed by atoms with Gasteiger partial charge in [-0.3, -0.25) is 0 Å². The van der Waals surface area contributed by atoms with Crippen molar-refractivity contribution < 1.29 is 9.47 Å². The van der Waals surface area contributed by atoms with Gasteiger partial charge in [-0.15, -0.1) is 11.3 Å². The molecule has 2 rings (SSSR count). The fourth-order valence-corrected chi connectivity index (χ4v) is 2.45. The molecule has 0 aliphatic carbocycles. The molecule has 92 valence electrons. The number of nitriles is 1. The largest absolute Gasteiger partial charge is 0.493 e. The first kappa shape index (κ1) is 12.4. The van der Waals surface area contributed by atoms with Gasteiger partial charge in [0.2, 0.25) is 0 Å². The van der Waals surface area contributed by atoms with Crippen LogP contribution in [0.15, 0.2) is 18.2 Å². The molecular weight excluding hydrogens is 248 g/mol. The molecule has 0 aliphatic heterocycles. The highest BCUT2D eigenvalue weighted by atomic mass is 32.1. The third-order valence-electron chi connectivity index (χ3n) is 2.53. The van der Waals surface area contributed by atoms with Gasteiger partial charge in [0.15, 0.2) is 11.5 Å². The van der Waals surface area contributed by atoms with Crippen molar-refractivity contribution in [2.45, 2.75) is 6.92 Å². The van der Waals surface area contributed by atoms with Crippen LogP contribution in [0, 0.1) is 18.3 Å². The van der Waals surface area contributed by atoms with E-state index in [4.69, 9.17) is 14.7 Å². The van der Waals surface area contributed by atoms with Crippen LogP contribution in [0.4, 0.5) is 0 Å². The Morgan fingerprint density at radius 1 is 1.22 bits per heavy atom. The lowest BCUT2D eigenvalue weighted by Crippen LogP contribution is -1.90. The van der Waals surface area contributed by atoms with Crippen molar-refractivity contribution in [1.29, 1.82) is 5.26 Å². The molecule has 0 fully saturated rings. The van der Waals surface area contributed by atoms with Crippen LogP contribution in [-0.4, -0.2) is 19.2 Å². The lowest BCUT2D eigenvalue weighted by molar-refractivity contribution is 0.355. The number of hydrogen-bond donors (Lipinski definition) is 0. The molecule has 1 aromatic heterocycles. The minimum atomic E-state index is 0.639. The molecule has 0 bridgehead atoms. The van der Waals surface area contributed by atoms with E-state index in [9.17, 15) is 0 Å². The van der Waals surface area contributed by atoms with E-state index in [1.807, 2.05) is 25.1 Å². The molecular formula is C13H12N2O2S. The van der Waals surface area contributed by atoms with Gasteiger partial charge in [0, 0.05) is 5.56 Å². The Morgan fingerprint density at radius 3 is 2.50 bits per heavy atom. The van der Waals surface area contributed by atoms with Gasteiger partial charge >= 0.3 is 0 Å². The number of nitrogens with zero attached hydrogens (tertiary/aromatic N) is 2. The standard InChI is InChI=1S/C13H12N2O2S/c1-8-12(7-14)18-13(15-8)9-4-5-10(16-2)11(6-9)17-3/h4-6H,1-3H3. The van der Waals surface area contributed by atoms with E-state index in [1.165, 1.54) is 11.3 Å². The van der Waals surface area contributed by atoms with Gasteiger partial charge in [0.1, 0.15) is 16.0 Å². The molecule has 0 amide bonds. The molecule has 0 atom stereocenters. The maximum absolute atomic E-state index is 8.94. The Balaban J connectivity index is 2.48. The van der Waals surface area contributed by atoms with E-state index in [0.29, 0.717) is 16.4 Å². The molecule has 2 aromatic rings. The highest BCUT2D eigenvalue weighted by Crippen LogP contribution is 2.34. The van der Waals surface area contributed by atoms with Crippen molar-refractivity contribution in [3.63, 3.8) is 0 Å². The van der Waals surface area contributed by atoms with Crippen LogP contribution >= 0.6 is 11.3 Å². The first-order valence-corrected chi connectivity index (χ1v) is 6.11. The van der Waals surface area contributed by atoms with Crippen LogP contribution < -0.4 is 9.47 Å². The molecule has 0 N–H and O–H groups in total. The number of methoxy groups -OCH3 is 2.